The van der Waals surface area contributed by atoms with Gasteiger partial charge in [-0.1, -0.05) is 0 Å². The fourth-order valence-corrected chi connectivity index (χ4v) is 3.09. The van der Waals surface area contributed by atoms with Gasteiger partial charge >= 0.3 is 6.18 Å². The first kappa shape index (κ1) is 18.5. The normalized spacial score (nSPS) is 19.3. The van der Waals surface area contributed by atoms with Gasteiger partial charge in [-0.05, 0) is 44.9 Å². The number of aromatic amines is 1. The lowest BCUT2D eigenvalue weighted by Crippen LogP contribution is -2.46. The van der Waals surface area contributed by atoms with E-state index in [2.05, 4.69) is 10.3 Å². The lowest BCUT2D eigenvalue weighted by atomic mass is 9.97. The molecule has 1 fully saturated rings. The summed E-state index contributed by atoms with van der Waals surface area (Å²) in [5, 5.41) is 2.69. The van der Waals surface area contributed by atoms with Crippen LogP contribution in [0.25, 0.3) is 0 Å². The van der Waals surface area contributed by atoms with Crippen LogP contribution in [0.5, 0.6) is 0 Å². The van der Waals surface area contributed by atoms with Crippen molar-refractivity contribution in [2.24, 2.45) is 5.92 Å². The van der Waals surface area contributed by atoms with Crippen molar-refractivity contribution in [3.8, 4) is 0 Å². The van der Waals surface area contributed by atoms with Gasteiger partial charge in [0, 0.05) is 24.3 Å². The second-order valence-electron chi connectivity index (χ2n) is 6.35. The average Bonchev–Trinajstić information content (AvgIpc) is 2.44. The molecule has 0 bridgehead atoms. The van der Waals surface area contributed by atoms with Crippen LogP contribution < -0.4 is 10.9 Å². The number of piperidine rings is 1. The van der Waals surface area contributed by atoms with Crippen molar-refractivity contribution in [3.05, 3.63) is 33.2 Å². The smallest absolute Gasteiger partial charge is 0.352 e. The minimum atomic E-state index is -4.26. The van der Waals surface area contributed by atoms with Crippen molar-refractivity contribution in [2.75, 3.05) is 19.6 Å². The first-order valence-corrected chi connectivity index (χ1v) is 7.92. The Morgan fingerprint density at radius 3 is 2.75 bits per heavy atom. The number of halogens is 3. The maximum Gasteiger partial charge on any atom is 0.401 e. The number of pyridine rings is 1. The number of aromatic nitrogens is 1. The van der Waals surface area contributed by atoms with Crippen LogP contribution in [-0.4, -0.2) is 41.6 Å². The van der Waals surface area contributed by atoms with Crippen LogP contribution in [0.4, 0.5) is 13.2 Å². The summed E-state index contributed by atoms with van der Waals surface area (Å²) in [7, 11) is 0. The Morgan fingerprint density at radius 2 is 2.12 bits per heavy atom. The zero-order valence-corrected chi connectivity index (χ0v) is 13.8. The summed E-state index contributed by atoms with van der Waals surface area (Å²) in [6, 6.07) is 1.81. The summed E-state index contributed by atoms with van der Waals surface area (Å²) in [6.45, 7) is 3.08. The molecule has 8 heteroatoms. The number of amides is 1. The third-order valence-corrected chi connectivity index (χ3v) is 4.21. The molecule has 0 saturated carbocycles. The highest BCUT2D eigenvalue weighted by atomic mass is 19.4. The van der Waals surface area contributed by atoms with Crippen LogP contribution in [-0.2, 0) is 11.3 Å². The quantitative estimate of drug-likeness (QED) is 0.876. The number of carbonyl (C=O) groups excluding carboxylic acids is 1. The van der Waals surface area contributed by atoms with Crippen molar-refractivity contribution >= 4 is 5.91 Å². The Labute approximate surface area is 138 Å². The lowest BCUT2D eigenvalue weighted by Gasteiger charge is -2.32. The summed E-state index contributed by atoms with van der Waals surface area (Å²) in [6.07, 6.45) is -3.15. The number of hydrogen-bond acceptors (Lipinski definition) is 3. The Hall–Kier alpha value is -1.83. The molecular formula is C16H22F3N3O2. The molecule has 1 atom stereocenters. The number of hydrogen-bond donors (Lipinski definition) is 2. The second kappa shape index (κ2) is 7.38. The molecule has 1 saturated heterocycles. The summed E-state index contributed by atoms with van der Waals surface area (Å²) < 4.78 is 37.4. The molecular weight excluding hydrogens is 323 g/mol. The van der Waals surface area contributed by atoms with E-state index in [0.717, 1.165) is 11.3 Å². The van der Waals surface area contributed by atoms with Crippen LogP contribution in [0, 0.1) is 19.8 Å². The molecule has 1 aliphatic heterocycles. The minimum absolute atomic E-state index is 0.0794. The van der Waals surface area contributed by atoms with Crippen LogP contribution >= 0.6 is 0 Å². The summed E-state index contributed by atoms with van der Waals surface area (Å²) in [4.78, 5) is 28.1. The average molecular weight is 345 g/mol. The van der Waals surface area contributed by atoms with E-state index in [0.29, 0.717) is 24.9 Å². The molecule has 1 aromatic rings. The van der Waals surface area contributed by atoms with Gasteiger partial charge in [0.15, 0.2) is 0 Å². The van der Waals surface area contributed by atoms with Gasteiger partial charge in [-0.15, -0.1) is 0 Å². The van der Waals surface area contributed by atoms with Gasteiger partial charge < -0.3 is 10.3 Å². The fraction of sp³-hybridized carbons (Fsp3) is 0.625. The topological polar surface area (TPSA) is 65.2 Å². The van der Waals surface area contributed by atoms with Crippen molar-refractivity contribution < 1.29 is 18.0 Å². The predicted octanol–water partition coefficient (Wildman–Crippen LogP) is 1.88. The first-order valence-electron chi connectivity index (χ1n) is 7.92. The third-order valence-electron chi connectivity index (χ3n) is 4.21. The van der Waals surface area contributed by atoms with Crippen LogP contribution in [0.3, 0.4) is 0 Å². The molecule has 2 heterocycles. The fourth-order valence-electron chi connectivity index (χ4n) is 3.09. The molecule has 0 radical (unpaired) electrons. The molecule has 24 heavy (non-hydrogen) atoms. The Balaban J connectivity index is 1.94. The van der Waals surface area contributed by atoms with Gasteiger partial charge in [0.05, 0.1) is 12.5 Å². The molecule has 2 rings (SSSR count). The van der Waals surface area contributed by atoms with E-state index in [1.807, 2.05) is 6.07 Å². The monoisotopic (exact) mass is 345 g/mol. The van der Waals surface area contributed by atoms with Gasteiger partial charge in [0.2, 0.25) is 5.91 Å². The number of nitrogens with one attached hydrogen (secondary N) is 2. The highest BCUT2D eigenvalue weighted by molar-refractivity contribution is 5.79. The van der Waals surface area contributed by atoms with Crippen LogP contribution in [0.1, 0.15) is 29.7 Å². The maximum absolute atomic E-state index is 12.5. The zero-order chi connectivity index (χ0) is 17.9. The van der Waals surface area contributed by atoms with Crippen molar-refractivity contribution in [2.45, 2.75) is 39.4 Å². The predicted molar refractivity (Wildman–Crippen MR) is 83.6 cm³/mol. The molecule has 0 spiro atoms. The number of nitrogens with zero attached hydrogens (tertiary/aromatic N) is 1. The SMILES string of the molecule is Cc1cc(C)c(CNC(=O)[C@@H]2CCCN(CC(F)(F)F)C2)c(=O)[nH]1. The van der Waals surface area contributed by atoms with E-state index < -0.39 is 18.6 Å². The molecule has 5 nitrogen and oxygen atoms in total. The number of H-pyrrole nitrogens is 1. The molecule has 0 aromatic carbocycles. The van der Waals surface area contributed by atoms with E-state index in [-0.39, 0.29) is 24.6 Å². The number of alkyl halides is 3. The largest absolute Gasteiger partial charge is 0.401 e. The van der Waals surface area contributed by atoms with Gasteiger partial charge in [-0.25, -0.2) is 0 Å². The Bertz CT molecular complexity index is 655. The molecule has 0 unspecified atom stereocenters. The third kappa shape index (κ3) is 5.09. The van der Waals surface area contributed by atoms with E-state index in [4.69, 9.17) is 0 Å². The second-order valence-corrected chi connectivity index (χ2v) is 6.35. The van der Waals surface area contributed by atoms with Gasteiger partial charge in [0.1, 0.15) is 0 Å². The lowest BCUT2D eigenvalue weighted by molar-refractivity contribution is -0.152. The highest BCUT2D eigenvalue weighted by Gasteiger charge is 2.34. The standard InChI is InChI=1S/C16H22F3N3O2/c1-10-6-11(2)21-15(24)13(10)7-20-14(23)12-4-3-5-22(8-12)9-16(17,18)19/h6,12H,3-5,7-9H2,1-2H3,(H,20,23)(H,21,24)/t12-/m1/s1. The summed E-state index contributed by atoms with van der Waals surface area (Å²) in [5.74, 6) is -0.785. The van der Waals surface area contributed by atoms with Gasteiger partial charge in [-0.3, -0.25) is 14.5 Å². The Morgan fingerprint density at radius 1 is 1.42 bits per heavy atom. The summed E-state index contributed by atoms with van der Waals surface area (Å²) in [5.41, 5.74) is 1.73. The molecule has 1 aliphatic rings. The maximum atomic E-state index is 12.5. The zero-order valence-electron chi connectivity index (χ0n) is 13.8. The minimum Gasteiger partial charge on any atom is -0.352 e. The van der Waals surface area contributed by atoms with E-state index >= 15 is 0 Å². The van der Waals surface area contributed by atoms with E-state index in [1.165, 1.54) is 4.90 Å². The van der Waals surface area contributed by atoms with Crippen LogP contribution in [0.15, 0.2) is 10.9 Å². The van der Waals surface area contributed by atoms with Crippen LogP contribution in [0.2, 0.25) is 0 Å². The number of likely N-dealkylation sites (tertiary alicyclic amines) is 1. The van der Waals surface area contributed by atoms with Crippen molar-refractivity contribution in [3.63, 3.8) is 0 Å². The number of aryl methyl sites for hydroxylation is 2. The molecule has 0 aliphatic carbocycles. The van der Waals surface area contributed by atoms with E-state index in [1.54, 1.807) is 13.8 Å². The molecule has 1 amide bonds. The number of carbonyl (C=O) groups is 1. The van der Waals surface area contributed by atoms with Crippen molar-refractivity contribution in [1.29, 1.82) is 0 Å². The summed E-state index contributed by atoms with van der Waals surface area (Å²) >= 11 is 0. The van der Waals surface area contributed by atoms with Gasteiger partial charge in [0.25, 0.3) is 5.56 Å². The molecule has 134 valence electrons. The Kier molecular flexibility index (Phi) is 5.69. The van der Waals surface area contributed by atoms with Gasteiger partial charge in [-0.2, -0.15) is 13.2 Å². The first-order chi connectivity index (χ1) is 11.2. The van der Waals surface area contributed by atoms with Crippen molar-refractivity contribution in [1.82, 2.24) is 15.2 Å². The molecule has 2 N–H and O–H groups in total. The molecule has 1 aromatic heterocycles. The van der Waals surface area contributed by atoms with E-state index in [9.17, 15) is 22.8 Å². The number of rotatable bonds is 4. The highest BCUT2D eigenvalue weighted by Crippen LogP contribution is 2.22.